The fourth-order valence-electron chi connectivity index (χ4n) is 1.65. The summed E-state index contributed by atoms with van der Waals surface area (Å²) < 4.78 is 0. The van der Waals surface area contributed by atoms with Crippen LogP contribution in [0.15, 0.2) is 24.3 Å². The number of hydrogen-bond donors (Lipinski definition) is 1. The fourth-order valence-corrected chi connectivity index (χ4v) is 2.72. The minimum atomic E-state index is 0.238. The highest BCUT2D eigenvalue weighted by atomic mass is 32.2. The van der Waals surface area contributed by atoms with Gasteiger partial charge in [-0.25, -0.2) is 0 Å². The van der Waals surface area contributed by atoms with Crippen molar-refractivity contribution in [2.45, 2.75) is 18.2 Å². The lowest BCUT2D eigenvalue weighted by molar-refractivity contribution is 0.789. The van der Waals surface area contributed by atoms with Crippen molar-refractivity contribution in [1.82, 2.24) is 0 Å². The molecule has 2 N–H and O–H groups in total. The van der Waals surface area contributed by atoms with Gasteiger partial charge in [-0.2, -0.15) is 11.8 Å². The van der Waals surface area contributed by atoms with Gasteiger partial charge in [-0.3, -0.25) is 0 Å². The minimum Gasteiger partial charge on any atom is -0.323 e. The SMILES string of the molecule is CC1SC[C@H](N)c2ccccc21. The molecular formula is C10H13NS. The Labute approximate surface area is 77.3 Å². The normalized spacial score (nSPS) is 28.2. The van der Waals surface area contributed by atoms with Crippen LogP contribution in [0.5, 0.6) is 0 Å². The van der Waals surface area contributed by atoms with E-state index in [0.29, 0.717) is 5.25 Å². The van der Waals surface area contributed by atoms with Crippen molar-refractivity contribution in [1.29, 1.82) is 0 Å². The van der Waals surface area contributed by atoms with E-state index in [1.54, 1.807) is 0 Å². The van der Waals surface area contributed by atoms with Crippen molar-refractivity contribution in [2.24, 2.45) is 5.73 Å². The zero-order valence-corrected chi connectivity index (χ0v) is 7.97. The summed E-state index contributed by atoms with van der Waals surface area (Å²) in [4.78, 5) is 0. The van der Waals surface area contributed by atoms with Crippen molar-refractivity contribution in [3.05, 3.63) is 35.4 Å². The third-order valence-electron chi connectivity index (χ3n) is 2.36. The van der Waals surface area contributed by atoms with E-state index >= 15 is 0 Å². The molecule has 2 rings (SSSR count). The molecule has 1 heterocycles. The van der Waals surface area contributed by atoms with E-state index in [0.717, 1.165) is 5.75 Å². The third kappa shape index (κ3) is 1.25. The van der Waals surface area contributed by atoms with Gasteiger partial charge in [-0.15, -0.1) is 0 Å². The molecular weight excluding hydrogens is 166 g/mol. The van der Waals surface area contributed by atoms with Crippen LogP contribution in [0, 0.1) is 0 Å². The van der Waals surface area contributed by atoms with E-state index in [9.17, 15) is 0 Å². The summed E-state index contributed by atoms with van der Waals surface area (Å²) in [6.45, 7) is 2.25. The zero-order valence-electron chi connectivity index (χ0n) is 7.16. The van der Waals surface area contributed by atoms with Gasteiger partial charge in [-0.05, 0) is 18.1 Å². The van der Waals surface area contributed by atoms with E-state index in [4.69, 9.17) is 5.73 Å². The van der Waals surface area contributed by atoms with Crippen molar-refractivity contribution < 1.29 is 0 Å². The van der Waals surface area contributed by atoms with Crippen LogP contribution in [0.3, 0.4) is 0 Å². The summed E-state index contributed by atoms with van der Waals surface area (Å²) in [5, 5.41) is 0.612. The molecule has 1 aromatic carbocycles. The molecule has 1 aliphatic rings. The topological polar surface area (TPSA) is 26.0 Å². The highest BCUT2D eigenvalue weighted by molar-refractivity contribution is 7.99. The van der Waals surface area contributed by atoms with Gasteiger partial charge in [0.25, 0.3) is 0 Å². The Morgan fingerprint density at radius 3 is 2.67 bits per heavy atom. The maximum Gasteiger partial charge on any atom is 0.0390 e. The Balaban J connectivity index is 2.47. The molecule has 1 aliphatic heterocycles. The van der Waals surface area contributed by atoms with E-state index in [1.165, 1.54) is 11.1 Å². The second kappa shape index (κ2) is 3.11. The van der Waals surface area contributed by atoms with E-state index in [2.05, 4.69) is 31.2 Å². The predicted molar refractivity (Wildman–Crippen MR) is 54.2 cm³/mol. The third-order valence-corrected chi connectivity index (χ3v) is 3.66. The van der Waals surface area contributed by atoms with Crippen molar-refractivity contribution >= 4 is 11.8 Å². The summed E-state index contributed by atoms with van der Waals surface area (Å²) in [6, 6.07) is 8.74. The number of benzene rings is 1. The molecule has 12 heavy (non-hydrogen) atoms. The van der Waals surface area contributed by atoms with E-state index in [-0.39, 0.29) is 6.04 Å². The quantitative estimate of drug-likeness (QED) is 0.662. The Morgan fingerprint density at radius 2 is 2.00 bits per heavy atom. The van der Waals surface area contributed by atoms with Gasteiger partial charge in [0.05, 0.1) is 0 Å². The number of hydrogen-bond acceptors (Lipinski definition) is 2. The summed E-state index contributed by atoms with van der Waals surface area (Å²) in [5.74, 6) is 1.05. The molecule has 64 valence electrons. The van der Waals surface area contributed by atoms with Gasteiger partial charge in [-0.1, -0.05) is 24.3 Å². The lowest BCUT2D eigenvalue weighted by atomic mass is 9.99. The molecule has 0 aromatic heterocycles. The van der Waals surface area contributed by atoms with Crippen molar-refractivity contribution in [3.8, 4) is 0 Å². The number of rotatable bonds is 0. The molecule has 2 atom stereocenters. The predicted octanol–water partition coefficient (Wildman–Crippen LogP) is 2.49. The molecule has 0 spiro atoms. The summed E-state index contributed by atoms with van der Waals surface area (Å²) in [7, 11) is 0. The molecule has 0 saturated carbocycles. The van der Waals surface area contributed by atoms with Crippen LogP contribution in [-0.4, -0.2) is 5.75 Å². The highest BCUT2D eigenvalue weighted by Crippen LogP contribution is 2.39. The zero-order chi connectivity index (χ0) is 8.55. The van der Waals surface area contributed by atoms with Crippen LogP contribution >= 0.6 is 11.8 Å². The number of fused-ring (bicyclic) bond motifs is 1. The van der Waals surface area contributed by atoms with Gasteiger partial charge in [0.15, 0.2) is 0 Å². The van der Waals surface area contributed by atoms with Gasteiger partial charge in [0.1, 0.15) is 0 Å². The van der Waals surface area contributed by atoms with E-state index in [1.807, 2.05) is 11.8 Å². The average molecular weight is 179 g/mol. The molecule has 0 bridgehead atoms. The summed E-state index contributed by atoms with van der Waals surface area (Å²) in [6.07, 6.45) is 0. The average Bonchev–Trinajstić information content (AvgIpc) is 2.12. The minimum absolute atomic E-state index is 0.238. The van der Waals surface area contributed by atoms with Crippen molar-refractivity contribution in [3.63, 3.8) is 0 Å². The van der Waals surface area contributed by atoms with Crippen LogP contribution in [0.25, 0.3) is 0 Å². The smallest absolute Gasteiger partial charge is 0.0390 e. The fraction of sp³-hybridized carbons (Fsp3) is 0.400. The first kappa shape index (κ1) is 8.14. The Hall–Kier alpha value is -0.470. The van der Waals surface area contributed by atoms with Gasteiger partial charge in [0, 0.05) is 17.0 Å². The van der Waals surface area contributed by atoms with Crippen LogP contribution in [0.4, 0.5) is 0 Å². The molecule has 0 saturated heterocycles. The standard InChI is InChI=1S/C10H13NS/c1-7-8-4-2-3-5-9(8)10(11)6-12-7/h2-5,7,10H,6,11H2,1H3/t7?,10-/m0/s1. The monoisotopic (exact) mass is 179 g/mol. The largest absolute Gasteiger partial charge is 0.323 e. The summed E-state index contributed by atoms with van der Waals surface area (Å²) in [5.41, 5.74) is 8.74. The second-order valence-electron chi connectivity index (χ2n) is 3.21. The first-order valence-corrected chi connectivity index (χ1v) is 5.30. The Morgan fingerprint density at radius 1 is 1.33 bits per heavy atom. The number of nitrogens with two attached hydrogens (primary N) is 1. The first-order chi connectivity index (χ1) is 5.79. The molecule has 2 heteroatoms. The Bertz CT molecular complexity index is 256. The number of thioether (sulfide) groups is 1. The van der Waals surface area contributed by atoms with Gasteiger partial charge < -0.3 is 5.73 Å². The molecule has 0 aliphatic carbocycles. The van der Waals surface area contributed by atoms with Crippen molar-refractivity contribution in [2.75, 3.05) is 5.75 Å². The molecule has 1 nitrogen and oxygen atoms in total. The summed E-state index contributed by atoms with van der Waals surface area (Å²) >= 11 is 1.94. The Kier molecular flexibility index (Phi) is 2.11. The van der Waals surface area contributed by atoms with Gasteiger partial charge in [0.2, 0.25) is 0 Å². The molecule has 0 amide bonds. The van der Waals surface area contributed by atoms with Crippen LogP contribution in [-0.2, 0) is 0 Å². The van der Waals surface area contributed by atoms with Gasteiger partial charge >= 0.3 is 0 Å². The lowest BCUT2D eigenvalue weighted by Crippen LogP contribution is -2.20. The maximum absolute atomic E-state index is 5.99. The van der Waals surface area contributed by atoms with Crippen LogP contribution in [0.1, 0.15) is 29.3 Å². The molecule has 0 radical (unpaired) electrons. The highest BCUT2D eigenvalue weighted by Gasteiger charge is 2.21. The molecule has 1 unspecified atom stereocenters. The molecule has 0 fully saturated rings. The maximum atomic E-state index is 5.99. The molecule has 1 aromatic rings. The lowest BCUT2D eigenvalue weighted by Gasteiger charge is -2.26. The van der Waals surface area contributed by atoms with Crippen LogP contribution < -0.4 is 5.73 Å². The van der Waals surface area contributed by atoms with E-state index < -0.39 is 0 Å². The van der Waals surface area contributed by atoms with Crippen LogP contribution in [0.2, 0.25) is 0 Å². The second-order valence-corrected chi connectivity index (χ2v) is 4.58. The first-order valence-electron chi connectivity index (χ1n) is 4.25.